The van der Waals surface area contributed by atoms with E-state index in [4.69, 9.17) is 15.7 Å². The van der Waals surface area contributed by atoms with Gasteiger partial charge in [-0.1, -0.05) is 5.46 Å². The van der Waals surface area contributed by atoms with Crippen LogP contribution < -0.4 is 10.9 Å². The molecule has 17 nitrogen and oxygen atoms in total. The molecule has 0 aliphatic rings. The number of phenolic OH excluding ortho intramolecular Hbond substituents is 15. The summed E-state index contributed by atoms with van der Waals surface area (Å²) in [5, 5.41) is 166. The van der Waals surface area contributed by atoms with E-state index >= 15 is 0 Å². The van der Waals surface area contributed by atoms with E-state index in [1.54, 1.807) is 0 Å². The Morgan fingerprint density at radius 2 is 0.702 bits per heavy atom. The third-order valence-corrected chi connectivity index (χ3v) is 11.4. The highest BCUT2D eigenvalue weighted by Gasteiger charge is 2.38. The maximum Gasteiger partial charge on any atom is 0.206 e. The van der Waals surface area contributed by atoms with Crippen LogP contribution in [0.1, 0.15) is 11.1 Å². The molecule has 0 atom stereocenters. The molecule has 10 aromatic rings. The molecule has 6 aromatic carbocycles. The molecule has 19 heteroatoms. The van der Waals surface area contributed by atoms with Crippen molar-refractivity contribution in [3.05, 3.63) is 17.2 Å². The smallest absolute Gasteiger partial charge is 0.206 e. The van der Waals surface area contributed by atoms with Gasteiger partial charge in [0.1, 0.15) is 50.0 Å². The molecular weight excluding hydrogens is 746 g/mol. The first-order valence-corrected chi connectivity index (χ1v) is 16.6. The fraction of sp³-hybridized carbons (Fsp3) is 0.0526. The number of phenols is 15. The van der Waals surface area contributed by atoms with Crippen LogP contribution in [0.25, 0.3) is 87.3 Å². The monoisotopic (exact) mass is 768 g/mol. The minimum absolute atomic E-state index is 0.0809. The molecule has 0 spiro atoms. The maximum absolute atomic E-state index is 12.4. The number of fused-ring (bicyclic) bond motifs is 12. The van der Waals surface area contributed by atoms with E-state index < -0.39 is 119 Å². The minimum Gasteiger partial charge on any atom is -0.507 e. The molecule has 0 fully saturated rings. The summed E-state index contributed by atoms with van der Waals surface area (Å²) in [5.74, 6) is -14.2. The Morgan fingerprint density at radius 3 is 1.28 bits per heavy atom. The van der Waals surface area contributed by atoms with Gasteiger partial charge in [-0.25, -0.2) is 0 Å². The second kappa shape index (κ2) is 9.82. The highest BCUT2D eigenvalue weighted by Crippen LogP contribution is 2.62. The van der Waals surface area contributed by atoms with Crippen molar-refractivity contribution in [1.29, 1.82) is 0 Å². The second-order valence-electron chi connectivity index (χ2n) is 14.0. The van der Waals surface area contributed by atoms with Crippen molar-refractivity contribution in [2.75, 3.05) is 0 Å². The highest BCUT2D eigenvalue weighted by molar-refractivity contribution is 6.50. The average Bonchev–Trinajstić information content (AvgIpc) is 3.91. The van der Waals surface area contributed by atoms with Crippen LogP contribution in [-0.4, -0.2) is 101 Å². The molecule has 0 saturated heterocycles. The van der Waals surface area contributed by atoms with Crippen molar-refractivity contribution >= 4 is 103 Å². The Bertz CT molecular complexity index is 3630. The van der Waals surface area contributed by atoms with Crippen LogP contribution in [0, 0.1) is 13.8 Å². The van der Waals surface area contributed by atoms with Gasteiger partial charge >= 0.3 is 0 Å². The molecular formula is C38H22B2N2O15. The number of rotatable bonds is 1. The predicted octanol–water partition coefficient (Wildman–Crippen LogP) is 3.44. The van der Waals surface area contributed by atoms with Crippen LogP contribution in [0.3, 0.4) is 0 Å². The van der Waals surface area contributed by atoms with E-state index in [0.29, 0.717) is 0 Å². The molecule has 4 radical (unpaired) electrons. The van der Waals surface area contributed by atoms with E-state index in [-0.39, 0.29) is 76.5 Å². The quantitative estimate of drug-likeness (QED) is 0.0646. The zero-order valence-electron chi connectivity index (χ0n) is 28.8. The van der Waals surface area contributed by atoms with Crippen molar-refractivity contribution in [3.8, 4) is 97.4 Å². The SMILES string of the molecule is [B]c1cc(O)c2c3c(O)c(-c4c(O)c(C)c5c(c4O)c4c(O)c(O)c(O)c6c7c(O)c(O)c(O)c(C)c7n5c64)c([B])c4c5c(O)c(O)c(O)c(O)c5n(c2c1O)c43. The van der Waals surface area contributed by atoms with Gasteiger partial charge in [0.2, 0.25) is 23.0 Å². The summed E-state index contributed by atoms with van der Waals surface area (Å²) in [5.41, 5.74) is -3.94. The van der Waals surface area contributed by atoms with E-state index in [2.05, 4.69) is 0 Å². The van der Waals surface area contributed by atoms with Gasteiger partial charge in [0.15, 0.2) is 34.5 Å². The van der Waals surface area contributed by atoms with Crippen molar-refractivity contribution in [3.63, 3.8) is 0 Å². The van der Waals surface area contributed by atoms with Crippen LogP contribution >= 0.6 is 0 Å². The summed E-state index contributed by atoms with van der Waals surface area (Å²) in [6.07, 6.45) is 0. The number of aryl methyl sites for hydroxylation is 2. The first-order valence-electron chi connectivity index (χ1n) is 16.6. The van der Waals surface area contributed by atoms with Crippen LogP contribution in [0.4, 0.5) is 0 Å². The molecule has 15 N–H and O–H groups in total. The molecule has 280 valence electrons. The van der Waals surface area contributed by atoms with Crippen molar-refractivity contribution in [2.45, 2.75) is 13.8 Å². The minimum atomic E-state index is -1.20. The summed E-state index contributed by atoms with van der Waals surface area (Å²) in [4.78, 5) is 0. The summed E-state index contributed by atoms with van der Waals surface area (Å²) >= 11 is 0. The standard InChI is InChI=1S/C38H22B2N2O15/c1-4-19-13(15-22-16(33(52)36(55)32(15)51)14-20(41(19)22)5(2)26(45)35(54)31(14)50)29(48)17(25(4)44)10-18(40)9-12-24(34(53)38(57)37(56)30(12)49)42-21(9)11(28(10)47)8-7(43)3-6(39)27(46)23(8)42/h3,43-57H,1-2H3. The van der Waals surface area contributed by atoms with Gasteiger partial charge in [-0.3, -0.25) is 0 Å². The summed E-state index contributed by atoms with van der Waals surface area (Å²) in [6, 6.07) is 0.945. The molecule has 10 rings (SSSR count). The molecule has 0 saturated carbocycles. The molecule has 57 heavy (non-hydrogen) atoms. The Kier molecular flexibility index (Phi) is 5.79. The van der Waals surface area contributed by atoms with Crippen LogP contribution in [0.15, 0.2) is 6.07 Å². The largest absolute Gasteiger partial charge is 0.507 e. The second-order valence-corrected chi connectivity index (χ2v) is 14.0. The number of aromatic nitrogens is 2. The number of hydrogen-bond donors (Lipinski definition) is 15. The molecule has 4 aromatic heterocycles. The van der Waals surface area contributed by atoms with Crippen molar-refractivity contribution < 1.29 is 76.6 Å². The first kappa shape index (κ1) is 33.6. The Labute approximate surface area is 316 Å². The Hall–Kier alpha value is -7.95. The number of nitrogens with zero attached hydrogens (tertiary/aromatic N) is 2. The number of hydrogen-bond acceptors (Lipinski definition) is 15. The summed E-state index contributed by atoms with van der Waals surface area (Å²) in [7, 11) is 12.7. The van der Waals surface area contributed by atoms with Crippen LogP contribution in [0.5, 0.6) is 86.2 Å². The molecule has 0 amide bonds. The van der Waals surface area contributed by atoms with Gasteiger partial charge in [-0.05, 0) is 25.4 Å². The fourth-order valence-corrected chi connectivity index (χ4v) is 8.97. The molecule has 0 aliphatic heterocycles. The third kappa shape index (κ3) is 3.29. The summed E-state index contributed by atoms with van der Waals surface area (Å²) < 4.78 is 2.26. The summed E-state index contributed by atoms with van der Waals surface area (Å²) in [6.45, 7) is 2.67. The van der Waals surface area contributed by atoms with E-state index in [1.165, 1.54) is 18.2 Å². The Morgan fingerprint density at radius 1 is 0.333 bits per heavy atom. The lowest BCUT2D eigenvalue weighted by atomic mass is 9.80. The molecule has 0 aliphatic carbocycles. The number of benzene rings is 6. The maximum atomic E-state index is 12.4. The Balaban J connectivity index is 1.51. The lowest BCUT2D eigenvalue weighted by Gasteiger charge is -2.19. The zero-order chi connectivity index (χ0) is 41.1. The molecule has 0 unspecified atom stereocenters. The van der Waals surface area contributed by atoms with Gasteiger partial charge in [-0.15, -0.1) is 0 Å². The average molecular weight is 768 g/mol. The van der Waals surface area contributed by atoms with Gasteiger partial charge in [0.05, 0.1) is 70.9 Å². The lowest BCUT2D eigenvalue weighted by Crippen LogP contribution is -2.09. The lowest BCUT2D eigenvalue weighted by molar-refractivity contribution is 0.350. The van der Waals surface area contributed by atoms with Gasteiger partial charge in [0.25, 0.3) is 0 Å². The van der Waals surface area contributed by atoms with Crippen LogP contribution in [0.2, 0.25) is 0 Å². The van der Waals surface area contributed by atoms with Gasteiger partial charge in [-0.2, -0.15) is 0 Å². The number of aromatic hydroxyl groups is 15. The van der Waals surface area contributed by atoms with Gasteiger partial charge in [0, 0.05) is 22.1 Å². The fourth-order valence-electron chi connectivity index (χ4n) is 8.97. The molecule has 4 heterocycles. The normalized spacial score (nSPS) is 12.5. The zero-order valence-corrected chi connectivity index (χ0v) is 28.8. The van der Waals surface area contributed by atoms with E-state index in [9.17, 15) is 76.6 Å². The predicted molar refractivity (Wildman–Crippen MR) is 206 cm³/mol. The van der Waals surface area contributed by atoms with Crippen molar-refractivity contribution in [2.24, 2.45) is 0 Å². The first-order chi connectivity index (χ1) is 26.8. The van der Waals surface area contributed by atoms with E-state index in [1.807, 2.05) is 0 Å². The van der Waals surface area contributed by atoms with Crippen molar-refractivity contribution in [1.82, 2.24) is 8.80 Å². The topological polar surface area (TPSA) is 312 Å². The van der Waals surface area contributed by atoms with Gasteiger partial charge < -0.3 is 85.4 Å². The van der Waals surface area contributed by atoms with Crippen LogP contribution in [-0.2, 0) is 0 Å². The highest BCUT2D eigenvalue weighted by atomic mass is 16.4. The van der Waals surface area contributed by atoms with E-state index in [0.717, 1.165) is 10.5 Å². The molecule has 0 bridgehead atoms. The third-order valence-electron chi connectivity index (χ3n) is 11.4.